The SMILES string of the molecule is COC(=O)c1ccc(C2CN(C)C(=O)O2)cc1. The average Bonchev–Trinajstić information content (AvgIpc) is 2.69. The fourth-order valence-electron chi connectivity index (χ4n) is 1.70. The number of rotatable bonds is 2. The minimum absolute atomic E-state index is 0.265. The van der Waals surface area contributed by atoms with E-state index in [1.54, 1.807) is 31.3 Å². The number of ether oxygens (including phenoxy) is 2. The Bertz CT molecular complexity index is 440. The molecule has 0 bridgehead atoms. The molecule has 0 saturated carbocycles. The van der Waals surface area contributed by atoms with Crippen LogP contribution < -0.4 is 0 Å². The highest BCUT2D eigenvalue weighted by Crippen LogP contribution is 2.25. The predicted molar refractivity (Wildman–Crippen MR) is 59.6 cm³/mol. The van der Waals surface area contributed by atoms with Crippen LogP contribution in [0.1, 0.15) is 22.0 Å². The van der Waals surface area contributed by atoms with Gasteiger partial charge in [0.1, 0.15) is 6.10 Å². The zero-order valence-corrected chi connectivity index (χ0v) is 9.67. The summed E-state index contributed by atoms with van der Waals surface area (Å²) in [6.45, 7) is 0.524. The molecule has 1 heterocycles. The van der Waals surface area contributed by atoms with Crippen LogP contribution >= 0.6 is 0 Å². The largest absolute Gasteiger partial charge is 0.465 e. The Hall–Kier alpha value is -2.04. The van der Waals surface area contributed by atoms with E-state index in [4.69, 9.17) is 4.74 Å². The van der Waals surface area contributed by atoms with E-state index in [9.17, 15) is 9.59 Å². The smallest absolute Gasteiger partial charge is 0.410 e. The molecule has 1 aromatic carbocycles. The summed E-state index contributed by atoms with van der Waals surface area (Å²) in [6.07, 6.45) is -0.591. The molecular formula is C12H13NO4. The minimum Gasteiger partial charge on any atom is -0.465 e. The summed E-state index contributed by atoms with van der Waals surface area (Å²) < 4.78 is 9.76. The van der Waals surface area contributed by atoms with Crippen molar-refractivity contribution >= 4 is 12.1 Å². The Morgan fingerprint density at radius 3 is 2.53 bits per heavy atom. The Balaban J connectivity index is 2.14. The Labute approximate surface area is 98.9 Å². The van der Waals surface area contributed by atoms with Crippen LogP contribution in [0.4, 0.5) is 4.79 Å². The first-order chi connectivity index (χ1) is 8.11. The summed E-state index contributed by atoms with van der Waals surface area (Å²) in [5.74, 6) is -0.378. The van der Waals surface area contributed by atoms with Gasteiger partial charge in [-0.1, -0.05) is 12.1 Å². The van der Waals surface area contributed by atoms with Gasteiger partial charge in [-0.3, -0.25) is 0 Å². The first-order valence-electron chi connectivity index (χ1n) is 5.22. The van der Waals surface area contributed by atoms with E-state index in [1.165, 1.54) is 12.0 Å². The lowest BCUT2D eigenvalue weighted by Gasteiger charge is -2.08. The molecule has 1 atom stereocenters. The zero-order valence-electron chi connectivity index (χ0n) is 9.67. The number of carbonyl (C=O) groups excluding carboxylic acids is 2. The number of nitrogens with zero attached hydrogens (tertiary/aromatic N) is 1. The molecule has 2 rings (SSSR count). The molecule has 1 unspecified atom stereocenters. The molecule has 1 aliphatic rings. The number of benzene rings is 1. The normalized spacial score (nSPS) is 19.1. The predicted octanol–water partition coefficient (Wildman–Crippen LogP) is 1.60. The highest BCUT2D eigenvalue weighted by Gasteiger charge is 2.29. The van der Waals surface area contributed by atoms with Crippen molar-refractivity contribution in [2.75, 3.05) is 20.7 Å². The number of hydrogen-bond donors (Lipinski definition) is 0. The van der Waals surface area contributed by atoms with Crippen molar-refractivity contribution in [3.8, 4) is 0 Å². The topological polar surface area (TPSA) is 55.8 Å². The average molecular weight is 235 g/mol. The van der Waals surface area contributed by atoms with E-state index in [0.717, 1.165) is 5.56 Å². The second-order valence-electron chi connectivity index (χ2n) is 3.87. The summed E-state index contributed by atoms with van der Waals surface area (Å²) in [6, 6.07) is 6.85. The van der Waals surface area contributed by atoms with Crippen LogP contribution in [0.5, 0.6) is 0 Å². The lowest BCUT2D eigenvalue weighted by Crippen LogP contribution is -2.17. The lowest BCUT2D eigenvalue weighted by atomic mass is 10.1. The second kappa shape index (κ2) is 4.45. The molecule has 1 aromatic rings. The molecule has 5 nitrogen and oxygen atoms in total. The van der Waals surface area contributed by atoms with Crippen LogP contribution in [-0.4, -0.2) is 37.7 Å². The van der Waals surface area contributed by atoms with Gasteiger partial charge in [0.15, 0.2) is 0 Å². The van der Waals surface area contributed by atoms with Crippen molar-refractivity contribution in [1.29, 1.82) is 0 Å². The Kier molecular flexibility index (Phi) is 2.99. The van der Waals surface area contributed by atoms with Crippen LogP contribution in [0, 0.1) is 0 Å². The van der Waals surface area contributed by atoms with Crippen molar-refractivity contribution in [2.24, 2.45) is 0 Å². The van der Waals surface area contributed by atoms with Crippen molar-refractivity contribution in [2.45, 2.75) is 6.10 Å². The monoisotopic (exact) mass is 235 g/mol. The van der Waals surface area contributed by atoms with E-state index in [2.05, 4.69) is 4.74 Å². The van der Waals surface area contributed by atoms with Gasteiger partial charge in [-0.2, -0.15) is 0 Å². The van der Waals surface area contributed by atoms with Crippen molar-refractivity contribution in [1.82, 2.24) is 4.90 Å². The summed E-state index contributed by atoms with van der Waals surface area (Å²) in [7, 11) is 3.02. The van der Waals surface area contributed by atoms with Crippen LogP contribution in [0.2, 0.25) is 0 Å². The highest BCUT2D eigenvalue weighted by molar-refractivity contribution is 5.89. The standard InChI is InChI=1S/C12H13NO4/c1-13-7-10(17-12(13)15)8-3-5-9(6-4-8)11(14)16-2/h3-6,10H,7H2,1-2H3. The fraction of sp³-hybridized carbons (Fsp3) is 0.333. The molecule has 0 aliphatic carbocycles. The summed E-state index contributed by atoms with van der Waals surface area (Å²) in [5, 5.41) is 0. The quantitative estimate of drug-likeness (QED) is 0.730. The number of esters is 1. The maximum Gasteiger partial charge on any atom is 0.410 e. The van der Waals surface area contributed by atoms with E-state index >= 15 is 0 Å². The van der Waals surface area contributed by atoms with E-state index in [-0.39, 0.29) is 18.2 Å². The van der Waals surface area contributed by atoms with Gasteiger partial charge in [0.05, 0.1) is 19.2 Å². The van der Waals surface area contributed by atoms with Crippen LogP contribution in [-0.2, 0) is 9.47 Å². The van der Waals surface area contributed by atoms with E-state index < -0.39 is 0 Å². The number of carbonyl (C=O) groups is 2. The number of hydrogen-bond acceptors (Lipinski definition) is 4. The van der Waals surface area contributed by atoms with Gasteiger partial charge in [-0.15, -0.1) is 0 Å². The molecule has 1 aliphatic heterocycles. The third-order valence-corrected chi connectivity index (χ3v) is 2.70. The van der Waals surface area contributed by atoms with Crippen molar-refractivity contribution < 1.29 is 19.1 Å². The number of methoxy groups -OCH3 is 1. The van der Waals surface area contributed by atoms with Gasteiger partial charge in [0.2, 0.25) is 0 Å². The van der Waals surface area contributed by atoms with Crippen molar-refractivity contribution in [3.05, 3.63) is 35.4 Å². The molecule has 5 heteroatoms. The van der Waals surface area contributed by atoms with E-state index in [0.29, 0.717) is 12.1 Å². The summed E-state index contributed by atoms with van der Waals surface area (Å²) in [4.78, 5) is 24.0. The Morgan fingerprint density at radius 2 is 2.06 bits per heavy atom. The number of cyclic esters (lactones) is 1. The van der Waals surface area contributed by atoms with Crippen LogP contribution in [0.25, 0.3) is 0 Å². The molecule has 1 fully saturated rings. The van der Waals surface area contributed by atoms with Gasteiger partial charge in [-0.05, 0) is 17.7 Å². The van der Waals surface area contributed by atoms with Gasteiger partial charge >= 0.3 is 12.1 Å². The van der Waals surface area contributed by atoms with Gasteiger partial charge in [-0.25, -0.2) is 9.59 Å². The molecule has 1 amide bonds. The van der Waals surface area contributed by atoms with Gasteiger partial charge in [0.25, 0.3) is 0 Å². The van der Waals surface area contributed by atoms with Gasteiger partial charge in [0, 0.05) is 7.05 Å². The second-order valence-corrected chi connectivity index (χ2v) is 3.87. The maximum atomic E-state index is 11.2. The third-order valence-electron chi connectivity index (χ3n) is 2.70. The maximum absolute atomic E-state index is 11.2. The molecule has 0 radical (unpaired) electrons. The van der Waals surface area contributed by atoms with E-state index in [1.807, 2.05) is 0 Å². The Morgan fingerprint density at radius 1 is 1.41 bits per heavy atom. The van der Waals surface area contributed by atoms with Gasteiger partial charge < -0.3 is 14.4 Å². The first kappa shape index (κ1) is 11.4. The van der Waals surface area contributed by atoms with Crippen LogP contribution in [0.15, 0.2) is 24.3 Å². The first-order valence-corrected chi connectivity index (χ1v) is 5.22. The fourth-order valence-corrected chi connectivity index (χ4v) is 1.70. The molecule has 90 valence electrons. The summed E-state index contributed by atoms with van der Waals surface area (Å²) in [5.41, 5.74) is 1.35. The van der Waals surface area contributed by atoms with Crippen molar-refractivity contribution in [3.63, 3.8) is 0 Å². The number of likely N-dealkylation sites (N-methyl/N-ethyl adjacent to an activating group) is 1. The molecule has 0 N–H and O–H groups in total. The lowest BCUT2D eigenvalue weighted by molar-refractivity contribution is 0.0600. The zero-order chi connectivity index (χ0) is 12.4. The molecule has 17 heavy (non-hydrogen) atoms. The minimum atomic E-state index is -0.378. The third kappa shape index (κ3) is 2.22. The molecule has 0 aromatic heterocycles. The number of amides is 1. The highest BCUT2D eigenvalue weighted by atomic mass is 16.6. The molecule has 1 saturated heterocycles. The molecule has 0 spiro atoms. The molecular weight excluding hydrogens is 222 g/mol. The van der Waals surface area contributed by atoms with Crippen LogP contribution in [0.3, 0.4) is 0 Å². The summed E-state index contributed by atoms with van der Waals surface area (Å²) >= 11 is 0.